The summed E-state index contributed by atoms with van der Waals surface area (Å²) in [4.78, 5) is 15.6. The SMILES string of the molecule is COC(=O)c1cc(N)cc(-c2ccc(C)cn2)c1F. The van der Waals surface area contributed by atoms with Gasteiger partial charge >= 0.3 is 5.97 Å². The Kier molecular flexibility index (Phi) is 3.46. The van der Waals surface area contributed by atoms with Crippen molar-refractivity contribution in [1.82, 2.24) is 4.98 Å². The Bertz CT molecular complexity index is 624. The molecule has 0 unspecified atom stereocenters. The molecular formula is C14H13FN2O2. The van der Waals surface area contributed by atoms with Crippen molar-refractivity contribution in [1.29, 1.82) is 0 Å². The topological polar surface area (TPSA) is 65.2 Å². The first-order chi connectivity index (χ1) is 9.02. The van der Waals surface area contributed by atoms with E-state index in [2.05, 4.69) is 9.72 Å². The molecule has 1 aromatic carbocycles. The standard InChI is InChI=1S/C14H13FN2O2/c1-8-3-4-12(17-7-8)10-5-9(16)6-11(13(10)15)14(18)19-2/h3-7H,16H2,1-2H3. The van der Waals surface area contributed by atoms with Crippen LogP contribution in [0.15, 0.2) is 30.5 Å². The maximum absolute atomic E-state index is 14.3. The highest BCUT2D eigenvalue weighted by atomic mass is 19.1. The van der Waals surface area contributed by atoms with Gasteiger partial charge < -0.3 is 10.5 Å². The van der Waals surface area contributed by atoms with Crippen molar-refractivity contribution in [3.8, 4) is 11.3 Å². The lowest BCUT2D eigenvalue weighted by Crippen LogP contribution is -2.07. The second-order valence-electron chi connectivity index (χ2n) is 4.14. The second kappa shape index (κ2) is 5.06. The van der Waals surface area contributed by atoms with Crippen molar-refractivity contribution < 1.29 is 13.9 Å². The Hall–Kier alpha value is -2.43. The van der Waals surface area contributed by atoms with Crippen LogP contribution >= 0.6 is 0 Å². The third-order valence-corrected chi connectivity index (χ3v) is 2.69. The Morgan fingerprint density at radius 3 is 2.68 bits per heavy atom. The van der Waals surface area contributed by atoms with Gasteiger partial charge in [0.15, 0.2) is 0 Å². The summed E-state index contributed by atoms with van der Waals surface area (Å²) in [7, 11) is 1.19. The van der Waals surface area contributed by atoms with E-state index in [4.69, 9.17) is 5.73 Å². The van der Waals surface area contributed by atoms with Gasteiger partial charge in [-0.2, -0.15) is 0 Å². The first-order valence-corrected chi connectivity index (χ1v) is 5.63. The molecule has 0 radical (unpaired) electrons. The van der Waals surface area contributed by atoms with E-state index in [9.17, 15) is 9.18 Å². The molecule has 1 heterocycles. The summed E-state index contributed by atoms with van der Waals surface area (Å²) in [5.74, 6) is -1.45. The number of pyridine rings is 1. The number of nitrogens with zero attached hydrogens (tertiary/aromatic N) is 1. The van der Waals surface area contributed by atoms with E-state index in [1.807, 2.05) is 13.0 Å². The van der Waals surface area contributed by atoms with Gasteiger partial charge in [-0.1, -0.05) is 6.07 Å². The molecule has 98 valence electrons. The third kappa shape index (κ3) is 2.54. The highest BCUT2D eigenvalue weighted by Crippen LogP contribution is 2.27. The fourth-order valence-corrected chi connectivity index (χ4v) is 1.72. The van der Waals surface area contributed by atoms with Crippen molar-refractivity contribution in [2.45, 2.75) is 6.92 Å². The lowest BCUT2D eigenvalue weighted by molar-refractivity contribution is 0.0595. The number of rotatable bonds is 2. The van der Waals surface area contributed by atoms with Crippen molar-refractivity contribution in [3.05, 3.63) is 47.4 Å². The van der Waals surface area contributed by atoms with Gasteiger partial charge in [0.1, 0.15) is 5.82 Å². The van der Waals surface area contributed by atoms with Crippen LogP contribution in [0, 0.1) is 12.7 Å². The number of hydrogen-bond donors (Lipinski definition) is 1. The van der Waals surface area contributed by atoms with Gasteiger partial charge in [0.25, 0.3) is 0 Å². The van der Waals surface area contributed by atoms with Gasteiger partial charge in [-0.15, -0.1) is 0 Å². The number of ether oxygens (including phenoxy) is 1. The predicted octanol–water partition coefficient (Wildman–Crippen LogP) is 2.56. The minimum Gasteiger partial charge on any atom is -0.465 e. The Balaban J connectivity index is 2.60. The summed E-state index contributed by atoms with van der Waals surface area (Å²) in [6.45, 7) is 1.88. The number of esters is 1. The van der Waals surface area contributed by atoms with Crippen LogP contribution in [-0.4, -0.2) is 18.1 Å². The van der Waals surface area contributed by atoms with E-state index in [1.165, 1.54) is 19.2 Å². The lowest BCUT2D eigenvalue weighted by atomic mass is 10.0. The molecule has 5 heteroatoms. The zero-order chi connectivity index (χ0) is 14.0. The molecule has 2 aromatic rings. The Labute approximate surface area is 110 Å². The third-order valence-electron chi connectivity index (χ3n) is 2.69. The number of methoxy groups -OCH3 is 1. The van der Waals surface area contributed by atoms with Crippen LogP contribution in [0.4, 0.5) is 10.1 Å². The molecule has 0 saturated heterocycles. The highest BCUT2D eigenvalue weighted by Gasteiger charge is 2.18. The fourth-order valence-electron chi connectivity index (χ4n) is 1.72. The zero-order valence-electron chi connectivity index (χ0n) is 10.6. The average Bonchev–Trinajstić information content (AvgIpc) is 2.41. The van der Waals surface area contributed by atoms with E-state index in [0.717, 1.165) is 5.56 Å². The second-order valence-corrected chi connectivity index (χ2v) is 4.14. The minimum absolute atomic E-state index is 0.181. The maximum atomic E-state index is 14.3. The quantitative estimate of drug-likeness (QED) is 0.665. The maximum Gasteiger partial charge on any atom is 0.340 e. The number of benzene rings is 1. The Morgan fingerprint density at radius 1 is 1.37 bits per heavy atom. The number of hydrogen-bond acceptors (Lipinski definition) is 4. The highest BCUT2D eigenvalue weighted by molar-refractivity contribution is 5.92. The number of aryl methyl sites for hydroxylation is 1. The van der Waals surface area contributed by atoms with E-state index in [1.54, 1.807) is 12.3 Å². The van der Waals surface area contributed by atoms with E-state index in [0.29, 0.717) is 5.69 Å². The van der Waals surface area contributed by atoms with E-state index < -0.39 is 11.8 Å². The molecule has 19 heavy (non-hydrogen) atoms. The molecule has 0 atom stereocenters. The van der Waals surface area contributed by atoms with Crippen LogP contribution in [0.1, 0.15) is 15.9 Å². The molecule has 0 aliphatic rings. The van der Waals surface area contributed by atoms with Gasteiger partial charge in [-0.3, -0.25) is 4.98 Å². The molecule has 2 rings (SSSR count). The number of carbonyl (C=O) groups excluding carboxylic acids is 1. The molecule has 0 bridgehead atoms. The predicted molar refractivity (Wildman–Crippen MR) is 70.1 cm³/mol. The van der Waals surface area contributed by atoms with Crippen LogP contribution in [0.3, 0.4) is 0 Å². The van der Waals surface area contributed by atoms with E-state index >= 15 is 0 Å². The largest absolute Gasteiger partial charge is 0.465 e. The lowest BCUT2D eigenvalue weighted by Gasteiger charge is -2.08. The summed E-state index contributed by atoms with van der Waals surface area (Å²) in [5.41, 5.74) is 7.33. The first-order valence-electron chi connectivity index (χ1n) is 5.63. The van der Waals surface area contributed by atoms with Crippen molar-refractivity contribution in [2.24, 2.45) is 0 Å². The number of anilines is 1. The fraction of sp³-hybridized carbons (Fsp3) is 0.143. The van der Waals surface area contributed by atoms with Crippen LogP contribution in [0.25, 0.3) is 11.3 Å². The van der Waals surface area contributed by atoms with Gasteiger partial charge in [-0.05, 0) is 30.7 Å². The van der Waals surface area contributed by atoms with Crippen molar-refractivity contribution >= 4 is 11.7 Å². The van der Waals surface area contributed by atoms with Gasteiger partial charge in [0, 0.05) is 17.4 Å². The van der Waals surface area contributed by atoms with Gasteiger partial charge in [-0.25, -0.2) is 9.18 Å². The van der Waals surface area contributed by atoms with Crippen LogP contribution in [-0.2, 0) is 4.74 Å². The molecular weight excluding hydrogens is 247 g/mol. The Morgan fingerprint density at radius 2 is 2.11 bits per heavy atom. The summed E-state index contributed by atoms with van der Waals surface area (Å²) in [5, 5.41) is 0. The van der Waals surface area contributed by atoms with Crippen LogP contribution in [0.2, 0.25) is 0 Å². The minimum atomic E-state index is -0.766. The number of nitrogen functional groups attached to an aromatic ring is 1. The van der Waals surface area contributed by atoms with Crippen molar-refractivity contribution in [2.75, 3.05) is 12.8 Å². The molecule has 0 amide bonds. The van der Waals surface area contributed by atoms with Crippen LogP contribution < -0.4 is 5.73 Å². The average molecular weight is 260 g/mol. The molecule has 0 spiro atoms. The smallest absolute Gasteiger partial charge is 0.340 e. The summed E-state index contributed by atoms with van der Waals surface area (Å²) < 4.78 is 18.8. The summed E-state index contributed by atoms with van der Waals surface area (Å²) in [6, 6.07) is 6.18. The first kappa shape index (κ1) is 13.0. The van der Waals surface area contributed by atoms with E-state index in [-0.39, 0.29) is 16.8 Å². The van der Waals surface area contributed by atoms with Crippen molar-refractivity contribution in [3.63, 3.8) is 0 Å². The molecule has 0 fully saturated rings. The van der Waals surface area contributed by atoms with Gasteiger partial charge in [0.2, 0.25) is 0 Å². The monoisotopic (exact) mass is 260 g/mol. The number of aromatic nitrogens is 1. The molecule has 4 nitrogen and oxygen atoms in total. The summed E-state index contributed by atoms with van der Waals surface area (Å²) >= 11 is 0. The van der Waals surface area contributed by atoms with Crippen LogP contribution in [0.5, 0.6) is 0 Å². The molecule has 0 aliphatic carbocycles. The summed E-state index contributed by atoms with van der Waals surface area (Å²) in [6.07, 6.45) is 1.62. The number of nitrogens with two attached hydrogens (primary N) is 1. The number of carbonyl (C=O) groups is 1. The van der Waals surface area contributed by atoms with Gasteiger partial charge in [0.05, 0.1) is 18.4 Å². The number of halogens is 1. The molecule has 0 saturated carbocycles. The molecule has 2 N–H and O–H groups in total. The molecule has 0 aliphatic heterocycles. The normalized spacial score (nSPS) is 10.3. The molecule has 1 aromatic heterocycles. The zero-order valence-corrected chi connectivity index (χ0v) is 10.6.